The second-order valence-corrected chi connectivity index (χ2v) is 10.6. The summed E-state index contributed by atoms with van der Waals surface area (Å²) in [6.07, 6.45) is 3.30. The summed E-state index contributed by atoms with van der Waals surface area (Å²) in [5.74, 6) is -2.11. The summed E-state index contributed by atoms with van der Waals surface area (Å²) in [4.78, 5) is 45.3. The van der Waals surface area contributed by atoms with Gasteiger partial charge in [-0.2, -0.15) is 0 Å². The molecule has 8 nitrogen and oxygen atoms in total. The molecule has 1 aliphatic heterocycles. The van der Waals surface area contributed by atoms with Gasteiger partial charge in [-0.15, -0.1) is 0 Å². The summed E-state index contributed by atoms with van der Waals surface area (Å²) in [7, 11) is 0. The van der Waals surface area contributed by atoms with Gasteiger partial charge < -0.3 is 14.6 Å². The van der Waals surface area contributed by atoms with Crippen LogP contribution in [-0.4, -0.2) is 41.0 Å². The Morgan fingerprint density at radius 1 is 1.23 bits per heavy atom. The van der Waals surface area contributed by atoms with E-state index in [1.54, 1.807) is 55.5 Å². The van der Waals surface area contributed by atoms with Gasteiger partial charge in [0.2, 0.25) is 0 Å². The summed E-state index contributed by atoms with van der Waals surface area (Å²) in [6.45, 7) is 7.77. The number of amides is 1. The van der Waals surface area contributed by atoms with Crippen molar-refractivity contribution in [1.29, 1.82) is 0 Å². The van der Waals surface area contributed by atoms with Gasteiger partial charge in [0.15, 0.2) is 5.13 Å². The Kier molecular flexibility index (Phi) is 8.98. The predicted octanol–water partition coefficient (Wildman–Crippen LogP) is 6.36. The number of carbonyl (C=O) groups excluding carboxylic acids is 3. The molecule has 1 fully saturated rings. The molecule has 1 amide bonds. The number of benzene rings is 2. The Hall–Kier alpha value is -3.76. The van der Waals surface area contributed by atoms with E-state index in [-0.39, 0.29) is 27.9 Å². The lowest BCUT2D eigenvalue weighted by molar-refractivity contribution is -0.132. The number of aromatic nitrogens is 1. The SMILES string of the molecule is C=CCOC(=O)c1sc(N2C(=O)C(=O)/C(=C(/O)c3cccc(OCCCC)c3)C2c2ccc(Br)cc2)nc1C. The summed E-state index contributed by atoms with van der Waals surface area (Å²) in [6, 6.07) is 12.9. The maximum atomic E-state index is 13.4. The molecule has 1 atom stereocenters. The fraction of sp³-hybridized carbons (Fsp3) is 0.241. The van der Waals surface area contributed by atoms with E-state index in [2.05, 4.69) is 34.4 Å². The van der Waals surface area contributed by atoms with Gasteiger partial charge >= 0.3 is 11.9 Å². The number of ether oxygens (including phenoxy) is 2. The van der Waals surface area contributed by atoms with Crippen LogP contribution in [0.3, 0.4) is 0 Å². The van der Waals surface area contributed by atoms with Crippen molar-refractivity contribution in [1.82, 2.24) is 4.98 Å². The quantitative estimate of drug-likeness (QED) is 0.0710. The molecule has 2 heterocycles. The number of hydrogen-bond donors (Lipinski definition) is 1. The Balaban J connectivity index is 1.82. The Bertz CT molecular complexity index is 1450. The molecule has 0 radical (unpaired) electrons. The van der Waals surface area contributed by atoms with Gasteiger partial charge in [-0.25, -0.2) is 9.78 Å². The zero-order chi connectivity index (χ0) is 28.1. The number of aryl methyl sites for hydroxylation is 1. The summed E-state index contributed by atoms with van der Waals surface area (Å²) < 4.78 is 11.7. The molecule has 202 valence electrons. The maximum absolute atomic E-state index is 13.4. The molecule has 0 bridgehead atoms. The van der Waals surface area contributed by atoms with Crippen LogP contribution in [0.25, 0.3) is 5.76 Å². The van der Waals surface area contributed by atoms with Crippen molar-refractivity contribution in [3.05, 3.63) is 92.9 Å². The smallest absolute Gasteiger partial charge is 0.350 e. The molecular formula is C29H27BrN2O6S. The third-order valence-corrected chi connectivity index (χ3v) is 7.68. The standard InChI is InChI=1S/C29H27BrN2O6S/c1-4-6-15-37-21-9-7-8-19(16-21)24(33)22-23(18-10-12-20(30)13-11-18)32(27(35)25(22)34)29-31-17(3)26(39-29)28(36)38-14-5-2/h5,7-13,16,23,33H,2,4,6,14-15H2,1,3H3/b24-22+. The zero-order valence-electron chi connectivity index (χ0n) is 21.5. The van der Waals surface area contributed by atoms with E-state index in [1.807, 2.05) is 0 Å². The number of rotatable bonds is 10. The molecular weight excluding hydrogens is 584 g/mol. The minimum atomic E-state index is -0.981. The minimum Gasteiger partial charge on any atom is -0.507 e. The van der Waals surface area contributed by atoms with Crippen molar-refractivity contribution in [3.8, 4) is 5.75 Å². The van der Waals surface area contributed by atoms with Gasteiger partial charge in [-0.1, -0.05) is 77.5 Å². The average Bonchev–Trinajstić information content (AvgIpc) is 3.44. The van der Waals surface area contributed by atoms with Crippen LogP contribution in [0.2, 0.25) is 0 Å². The molecule has 10 heteroatoms. The second kappa shape index (κ2) is 12.4. The highest BCUT2D eigenvalue weighted by Gasteiger charge is 2.48. The lowest BCUT2D eigenvalue weighted by atomic mass is 9.95. The molecule has 1 N–H and O–H groups in total. The van der Waals surface area contributed by atoms with Crippen molar-refractivity contribution < 1.29 is 29.0 Å². The van der Waals surface area contributed by atoms with E-state index >= 15 is 0 Å². The number of nitrogens with zero attached hydrogens (tertiary/aromatic N) is 2. The third kappa shape index (κ3) is 5.97. The molecule has 0 saturated carbocycles. The van der Waals surface area contributed by atoms with Crippen LogP contribution in [0.15, 0.2) is 71.2 Å². The molecule has 1 saturated heterocycles. The number of halogens is 1. The van der Waals surface area contributed by atoms with Gasteiger partial charge in [0, 0.05) is 10.0 Å². The second-order valence-electron chi connectivity index (χ2n) is 8.75. The summed E-state index contributed by atoms with van der Waals surface area (Å²) >= 11 is 4.36. The molecule has 0 spiro atoms. The molecule has 3 aromatic rings. The minimum absolute atomic E-state index is 0.0239. The van der Waals surface area contributed by atoms with E-state index in [4.69, 9.17) is 9.47 Å². The number of unbranched alkanes of at least 4 members (excludes halogenated alkanes) is 1. The van der Waals surface area contributed by atoms with Crippen molar-refractivity contribution in [2.75, 3.05) is 18.1 Å². The number of carbonyl (C=O) groups is 3. The van der Waals surface area contributed by atoms with Crippen molar-refractivity contribution in [2.45, 2.75) is 32.7 Å². The molecule has 0 aliphatic carbocycles. The van der Waals surface area contributed by atoms with Crippen LogP contribution in [-0.2, 0) is 14.3 Å². The Morgan fingerprint density at radius 2 is 1.97 bits per heavy atom. The van der Waals surface area contributed by atoms with E-state index in [1.165, 1.54) is 11.0 Å². The summed E-state index contributed by atoms with van der Waals surface area (Å²) in [5.41, 5.74) is 1.19. The Labute approximate surface area is 238 Å². The van der Waals surface area contributed by atoms with Crippen molar-refractivity contribution >= 4 is 55.8 Å². The number of ketones is 1. The first-order valence-electron chi connectivity index (χ1n) is 12.3. The first kappa shape index (κ1) is 28.3. The number of hydrogen-bond acceptors (Lipinski definition) is 8. The largest absolute Gasteiger partial charge is 0.507 e. The highest BCUT2D eigenvalue weighted by Crippen LogP contribution is 2.44. The molecule has 1 aromatic heterocycles. The first-order chi connectivity index (χ1) is 18.8. The van der Waals surface area contributed by atoms with Crippen molar-refractivity contribution in [3.63, 3.8) is 0 Å². The van der Waals surface area contributed by atoms with Gasteiger partial charge in [-0.3, -0.25) is 14.5 Å². The Morgan fingerprint density at radius 3 is 2.67 bits per heavy atom. The van der Waals surface area contributed by atoms with Crippen LogP contribution in [0.4, 0.5) is 5.13 Å². The number of Topliss-reactive ketones (excluding diaryl/α,β-unsaturated/α-hetero) is 1. The van der Waals surface area contributed by atoms with Gasteiger partial charge in [0.1, 0.15) is 23.0 Å². The van der Waals surface area contributed by atoms with Crippen molar-refractivity contribution in [2.24, 2.45) is 0 Å². The third-order valence-electron chi connectivity index (χ3n) is 6.01. The maximum Gasteiger partial charge on any atom is 0.350 e. The monoisotopic (exact) mass is 610 g/mol. The normalized spacial score (nSPS) is 16.4. The van der Waals surface area contributed by atoms with Crippen LogP contribution < -0.4 is 9.64 Å². The number of anilines is 1. The van der Waals surface area contributed by atoms with Crippen LogP contribution in [0.1, 0.15) is 52.3 Å². The van der Waals surface area contributed by atoms with Gasteiger partial charge in [0.05, 0.1) is 23.9 Å². The number of thiazole rings is 1. The van der Waals surface area contributed by atoms with Gasteiger partial charge in [-0.05, 0) is 43.2 Å². The number of aliphatic hydroxyl groups is 1. The molecule has 1 unspecified atom stereocenters. The first-order valence-corrected chi connectivity index (χ1v) is 13.9. The molecule has 39 heavy (non-hydrogen) atoms. The lowest BCUT2D eigenvalue weighted by Crippen LogP contribution is -2.29. The van der Waals surface area contributed by atoms with E-state index in [9.17, 15) is 19.5 Å². The highest BCUT2D eigenvalue weighted by molar-refractivity contribution is 9.10. The van der Waals surface area contributed by atoms with Crippen LogP contribution in [0, 0.1) is 6.92 Å². The van der Waals surface area contributed by atoms with E-state index in [0.29, 0.717) is 29.2 Å². The summed E-state index contributed by atoms with van der Waals surface area (Å²) in [5, 5.41) is 11.6. The molecule has 4 rings (SSSR count). The topological polar surface area (TPSA) is 106 Å². The lowest BCUT2D eigenvalue weighted by Gasteiger charge is -2.23. The predicted molar refractivity (Wildman–Crippen MR) is 153 cm³/mol. The highest BCUT2D eigenvalue weighted by atomic mass is 79.9. The van der Waals surface area contributed by atoms with Crippen LogP contribution >= 0.6 is 27.3 Å². The molecule has 2 aromatic carbocycles. The van der Waals surface area contributed by atoms with E-state index < -0.39 is 23.7 Å². The van der Waals surface area contributed by atoms with Gasteiger partial charge in [0.25, 0.3) is 5.78 Å². The fourth-order valence-electron chi connectivity index (χ4n) is 4.09. The average molecular weight is 612 g/mol. The number of aliphatic hydroxyl groups excluding tert-OH is 1. The van der Waals surface area contributed by atoms with E-state index in [0.717, 1.165) is 28.7 Å². The number of esters is 1. The zero-order valence-corrected chi connectivity index (χ0v) is 23.9. The fourth-order valence-corrected chi connectivity index (χ4v) is 5.34. The van der Waals surface area contributed by atoms with Crippen LogP contribution in [0.5, 0.6) is 5.75 Å². The molecule has 1 aliphatic rings.